The van der Waals surface area contributed by atoms with E-state index in [-0.39, 0.29) is 0 Å². The Morgan fingerprint density at radius 2 is 1.60 bits per heavy atom. The maximum atomic E-state index is 5.91. The van der Waals surface area contributed by atoms with Gasteiger partial charge in [-0.2, -0.15) is 0 Å². The van der Waals surface area contributed by atoms with Crippen LogP contribution >= 0.6 is 0 Å². The molecule has 0 aliphatic rings. The van der Waals surface area contributed by atoms with E-state index in [0.29, 0.717) is 17.9 Å². The van der Waals surface area contributed by atoms with Crippen molar-refractivity contribution < 1.29 is 0 Å². The van der Waals surface area contributed by atoms with Crippen LogP contribution in [0, 0.1) is 11.8 Å². The summed E-state index contributed by atoms with van der Waals surface area (Å²) >= 11 is 0. The van der Waals surface area contributed by atoms with Crippen LogP contribution < -0.4 is 11.3 Å². The van der Waals surface area contributed by atoms with E-state index in [1.807, 2.05) is 0 Å². The quantitative estimate of drug-likeness (QED) is 0.515. The lowest BCUT2D eigenvalue weighted by molar-refractivity contribution is 0.279. The lowest BCUT2D eigenvalue weighted by Gasteiger charge is -2.33. The molecule has 1 aromatic rings. The molecule has 1 aromatic carbocycles. The molecule has 0 radical (unpaired) electrons. The fourth-order valence-corrected chi connectivity index (χ4v) is 3.19. The highest BCUT2D eigenvalue weighted by Crippen LogP contribution is 2.33. The Morgan fingerprint density at radius 1 is 1.00 bits per heavy atom. The number of rotatable bonds is 9. The second-order valence-corrected chi connectivity index (χ2v) is 6.01. The van der Waals surface area contributed by atoms with Crippen molar-refractivity contribution in [3.05, 3.63) is 35.9 Å². The molecule has 0 spiro atoms. The van der Waals surface area contributed by atoms with Gasteiger partial charge in [0.15, 0.2) is 0 Å². The summed E-state index contributed by atoms with van der Waals surface area (Å²) < 4.78 is 0. The van der Waals surface area contributed by atoms with Crippen LogP contribution in [0.2, 0.25) is 0 Å². The highest BCUT2D eigenvalue weighted by atomic mass is 15.2. The SMILES string of the molecule is CCC(CC)CC(NN)C(c1ccccc1)C(C)CC. The zero-order chi connectivity index (χ0) is 15.0. The molecule has 2 nitrogen and oxygen atoms in total. The van der Waals surface area contributed by atoms with Gasteiger partial charge in [-0.3, -0.25) is 11.3 Å². The molecule has 0 heterocycles. The van der Waals surface area contributed by atoms with Gasteiger partial charge in [-0.05, 0) is 23.8 Å². The van der Waals surface area contributed by atoms with Crippen LogP contribution in [-0.4, -0.2) is 6.04 Å². The van der Waals surface area contributed by atoms with Crippen LogP contribution in [0.5, 0.6) is 0 Å². The Labute approximate surface area is 125 Å². The van der Waals surface area contributed by atoms with Crippen molar-refractivity contribution in [2.45, 2.75) is 65.3 Å². The number of hydrogen-bond acceptors (Lipinski definition) is 2. The van der Waals surface area contributed by atoms with E-state index < -0.39 is 0 Å². The van der Waals surface area contributed by atoms with Crippen LogP contribution in [0.25, 0.3) is 0 Å². The minimum absolute atomic E-state index is 0.359. The molecule has 0 saturated carbocycles. The van der Waals surface area contributed by atoms with Gasteiger partial charge in [0.2, 0.25) is 0 Å². The zero-order valence-corrected chi connectivity index (χ0v) is 13.6. The lowest BCUT2D eigenvalue weighted by Crippen LogP contribution is -2.43. The maximum Gasteiger partial charge on any atom is 0.0284 e. The van der Waals surface area contributed by atoms with Crippen LogP contribution in [0.3, 0.4) is 0 Å². The van der Waals surface area contributed by atoms with E-state index in [0.717, 1.165) is 12.3 Å². The molecular formula is C18H32N2. The molecule has 2 heteroatoms. The maximum absolute atomic E-state index is 5.91. The first kappa shape index (κ1) is 17.2. The van der Waals surface area contributed by atoms with Crippen LogP contribution in [-0.2, 0) is 0 Å². The van der Waals surface area contributed by atoms with Crippen molar-refractivity contribution in [2.75, 3.05) is 0 Å². The summed E-state index contributed by atoms with van der Waals surface area (Å²) in [6.45, 7) is 9.17. The number of nitrogens with one attached hydrogen (secondary N) is 1. The van der Waals surface area contributed by atoms with E-state index in [2.05, 4.69) is 63.5 Å². The van der Waals surface area contributed by atoms with Gasteiger partial charge in [-0.15, -0.1) is 0 Å². The third-order valence-electron chi connectivity index (χ3n) is 4.83. The summed E-state index contributed by atoms with van der Waals surface area (Å²) in [5.74, 6) is 7.79. The Kier molecular flexibility index (Phi) is 7.86. The molecule has 0 saturated heterocycles. The number of nitrogens with two attached hydrogens (primary N) is 1. The number of hydrogen-bond donors (Lipinski definition) is 2. The molecule has 3 N–H and O–H groups in total. The fourth-order valence-electron chi connectivity index (χ4n) is 3.19. The van der Waals surface area contributed by atoms with Crippen molar-refractivity contribution in [1.29, 1.82) is 0 Å². The number of benzene rings is 1. The molecule has 0 aliphatic carbocycles. The number of hydrazine groups is 1. The van der Waals surface area contributed by atoms with Crippen LogP contribution in [0.1, 0.15) is 64.9 Å². The first-order valence-electron chi connectivity index (χ1n) is 8.18. The second kappa shape index (κ2) is 9.15. The summed E-state index contributed by atoms with van der Waals surface area (Å²) in [5, 5.41) is 0. The van der Waals surface area contributed by atoms with Gasteiger partial charge in [0.05, 0.1) is 0 Å². The van der Waals surface area contributed by atoms with Gasteiger partial charge in [-0.25, -0.2) is 0 Å². The van der Waals surface area contributed by atoms with Crippen molar-refractivity contribution in [3.8, 4) is 0 Å². The third-order valence-corrected chi connectivity index (χ3v) is 4.83. The molecule has 1 rings (SSSR count). The average molecular weight is 276 g/mol. The van der Waals surface area contributed by atoms with Gasteiger partial charge >= 0.3 is 0 Å². The van der Waals surface area contributed by atoms with Gasteiger partial charge < -0.3 is 0 Å². The minimum atomic E-state index is 0.359. The predicted octanol–water partition coefficient (Wildman–Crippen LogP) is 4.47. The Bertz CT molecular complexity index is 346. The molecule has 0 fully saturated rings. The predicted molar refractivity (Wildman–Crippen MR) is 88.4 cm³/mol. The van der Waals surface area contributed by atoms with Crippen molar-refractivity contribution in [2.24, 2.45) is 17.7 Å². The standard InChI is InChI=1S/C18H32N2/c1-5-14(4)18(16-11-9-8-10-12-16)17(20-19)13-15(6-2)7-3/h8-12,14-15,17-18,20H,5-7,13,19H2,1-4H3. The fraction of sp³-hybridized carbons (Fsp3) is 0.667. The molecular weight excluding hydrogens is 244 g/mol. The Hall–Kier alpha value is -0.860. The largest absolute Gasteiger partial charge is 0.271 e. The van der Waals surface area contributed by atoms with E-state index in [9.17, 15) is 0 Å². The highest BCUT2D eigenvalue weighted by Gasteiger charge is 2.28. The van der Waals surface area contributed by atoms with Gasteiger partial charge in [0.25, 0.3) is 0 Å². The second-order valence-electron chi connectivity index (χ2n) is 6.01. The van der Waals surface area contributed by atoms with Crippen molar-refractivity contribution >= 4 is 0 Å². The van der Waals surface area contributed by atoms with Crippen molar-refractivity contribution in [3.63, 3.8) is 0 Å². The van der Waals surface area contributed by atoms with Crippen molar-refractivity contribution in [1.82, 2.24) is 5.43 Å². The molecule has 0 aromatic heterocycles. The van der Waals surface area contributed by atoms with Crippen LogP contribution in [0.15, 0.2) is 30.3 Å². The first-order valence-corrected chi connectivity index (χ1v) is 8.18. The average Bonchev–Trinajstić information content (AvgIpc) is 2.51. The minimum Gasteiger partial charge on any atom is -0.271 e. The monoisotopic (exact) mass is 276 g/mol. The molecule has 3 atom stereocenters. The summed E-state index contributed by atoms with van der Waals surface area (Å²) in [6, 6.07) is 11.2. The molecule has 3 unspecified atom stereocenters. The smallest absolute Gasteiger partial charge is 0.0284 e. The van der Waals surface area contributed by atoms with E-state index in [4.69, 9.17) is 5.84 Å². The first-order chi connectivity index (χ1) is 9.67. The summed E-state index contributed by atoms with van der Waals surface area (Å²) in [6.07, 6.45) is 4.81. The topological polar surface area (TPSA) is 38.0 Å². The van der Waals surface area contributed by atoms with Crippen LogP contribution in [0.4, 0.5) is 0 Å². The zero-order valence-electron chi connectivity index (χ0n) is 13.6. The van der Waals surface area contributed by atoms with Gasteiger partial charge in [0.1, 0.15) is 0 Å². The van der Waals surface area contributed by atoms with E-state index >= 15 is 0 Å². The highest BCUT2D eigenvalue weighted by molar-refractivity contribution is 5.22. The summed E-state index contributed by atoms with van der Waals surface area (Å²) in [5.41, 5.74) is 4.53. The van der Waals surface area contributed by atoms with E-state index in [1.54, 1.807) is 0 Å². The molecule has 114 valence electrons. The molecule has 20 heavy (non-hydrogen) atoms. The van der Waals surface area contributed by atoms with E-state index in [1.165, 1.54) is 24.8 Å². The normalized spacial score (nSPS) is 16.1. The van der Waals surface area contributed by atoms with Gasteiger partial charge in [-0.1, -0.05) is 77.3 Å². The third kappa shape index (κ3) is 4.60. The van der Waals surface area contributed by atoms with Gasteiger partial charge in [0, 0.05) is 12.0 Å². The summed E-state index contributed by atoms with van der Waals surface area (Å²) in [7, 11) is 0. The molecule has 0 amide bonds. The molecule has 0 bridgehead atoms. The lowest BCUT2D eigenvalue weighted by atomic mass is 9.77. The Morgan fingerprint density at radius 3 is 2.05 bits per heavy atom. The summed E-state index contributed by atoms with van der Waals surface area (Å²) in [4.78, 5) is 0. The molecule has 0 aliphatic heterocycles. The Balaban J connectivity index is 2.95.